The molecule has 1 unspecified atom stereocenters. The normalized spacial score (nSPS) is 12.2. The third-order valence-corrected chi connectivity index (χ3v) is 8.20. The molecule has 5 N–H and O–H groups in total. The van der Waals surface area contributed by atoms with Gasteiger partial charge < -0.3 is 16.0 Å². The fourth-order valence-electron chi connectivity index (χ4n) is 3.82. The summed E-state index contributed by atoms with van der Waals surface area (Å²) in [6.45, 7) is 3.71. The summed E-state index contributed by atoms with van der Waals surface area (Å²) in [7, 11) is -3.82. The Labute approximate surface area is 254 Å². The molecule has 1 atom stereocenters. The molecule has 0 fully saturated rings. The topological polar surface area (TPSA) is 147 Å². The minimum Gasteiger partial charge on any atom is -0.325 e. The lowest BCUT2D eigenvalue weighted by atomic mass is 10.1. The number of benzene rings is 4. The standard InChI is InChI=1S/C32H30N4O5S2/c1-21-8-10-23(11-9-21)20-29(36-31(38)24-6-4-3-5-7-24)32(39)35-25-12-16-27(17-13-25)42-22(2)30(37)34-26-14-18-28(19-15-26)43(33,40)41/h3-20,22H,1-2H3,(H,34,37)(H,35,39)(H,36,38)(H2,33,40,41)/b29-20-. The lowest BCUT2D eigenvalue weighted by Crippen LogP contribution is -2.30. The van der Waals surface area contributed by atoms with E-state index in [1.165, 1.54) is 36.0 Å². The number of primary sulfonamides is 1. The number of carbonyl (C=O) groups excluding carboxylic acids is 3. The highest BCUT2D eigenvalue weighted by atomic mass is 32.2. The van der Waals surface area contributed by atoms with E-state index < -0.39 is 27.1 Å². The first kappa shape index (κ1) is 31.2. The molecule has 0 aliphatic carbocycles. The van der Waals surface area contributed by atoms with Gasteiger partial charge in [-0.05, 0) is 86.2 Å². The number of nitrogens with two attached hydrogens (primary N) is 1. The second-order valence-electron chi connectivity index (χ2n) is 9.59. The molecule has 11 heteroatoms. The smallest absolute Gasteiger partial charge is 0.272 e. The van der Waals surface area contributed by atoms with Crippen LogP contribution in [-0.2, 0) is 19.6 Å². The average Bonchev–Trinajstić information content (AvgIpc) is 2.99. The van der Waals surface area contributed by atoms with E-state index in [1.54, 1.807) is 67.6 Å². The zero-order valence-electron chi connectivity index (χ0n) is 23.4. The summed E-state index contributed by atoms with van der Waals surface area (Å²) in [6, 6.07) is 28.7. The number of hydrogen-bond acceptors (Lipinski definition) is 6. The summed E-state index contributed by atoms with van der Waals surface area (Å²) in [4.78, 5) is 39.5. The van der Waals surface area contributed by atoms with E-state index in [-0.39, 0.29) is 16.5 Å². The Morgan fingerprint density at radius 3 is 1.98 bits per heavy atom. The van der Waals surface area contributed by atoms with Crippen LogP contribution in [-0.4, -0.2) is 31.4 Å². The molecule has 9 nitrogen and oxygen atoms in total. The molecule has 0 radical (unpaired) electrons. The van der Waals surface area contributed by atoms with E-state index in [0.717, 1.165) is 16.0 Å². The number of nitrogens with one attached hydrogen (secondary N) is 3. The number of sulfonamides is 1. The van der Waals surface area contributed by atoms with Crippen molar-refractivity contribution in [2.75, 3.05) is 10.6 Å². The Morgan fingerprint density at radius 2 is 1.37 bits per heavy atom. The predicted molar refractivity (Wildman–Crippen MR) is 170 cm³/mol. The number of rotatable bonds is 10. The zero-order chi connectivity index (χ0) is 31.0. The molecule has 0 heterocycles. The average molecular weight is 615 g/mol. The van der Waals surface area contributed by atoms with Gasteiger partial charge in [0, 0.05) is 21.8 Å². The second-order valence-corrected chi connectivity index (χ2v) is 12.6. The van der Waals surface area contributed by atoms with Crippen LogP contribution in [0.3, 0.4) is 0 Å². The van der Waals surface area contributed by atoms with Crippen molar-refractivity contribution < 1.29 is 22.8 Å². The SMILES string of the molecule is Cc1ccc(/C=C(\NC(=O)c2ccccc2)C(=O)Nc2ccc(SC(C)C(=O)Nc3ccc(S(N)(=O)=O)cc3)cc2)cc1. The summed E-state index contributed by atoms with van der Waals surface area (Å²) >= 11 is 1.31. The van der Waals surface area contributed by atoms with Gasteiger partial charge in [-0.25, -0.2) is 13.6 Å². The van der Waals surface area contributed by atoms with Crippen LogP contribution in [0.4, 0.5) is 11.4 Å². The van der Waals surface area contributed by atoms with Gasteiger partial charge in [0.2, 0.25) is 15.9 Å². The highest BCUT2D eigenvalue weighted by Gasteiger charge is 2.17. The van der Waals surface area contributed by atoms with Gasteiger partial charge in [0.25, 0.3) is 11.8 Å². The van der Waals surface area contributed by atoms with Gasteiger partial charge in [0.1, 0.15) is 5.70 Å². The molecular formula is C32H30N4O5S2. The van der Waals surface area contributed by atoms with Crippen LogP contribution in [0.2, 0.25) is 0 Å². The molecule has 0 saturated heterocycles. The van der Waals surface area contributed by atoms with E-state index in [0.29, 0.717) is 16.9 Å². The van der Waals surface area contributed by atoms with Crippen LogP contribution in [0.1, 0.15) is 28.4 Å². The van der Waals surface area contributed by atoms with Gasteiger partial charge in [-0.1, -0.05) is 48.0 Å². The van der Waals surface area contributed by atoms with Crippen LogP contribution >= 0.6 is 11.8 Å². The second kappa shape index (κ2) is 14.0. The van der Waals surface area contributed by atoms with E-state index in [9.17, 15) is 22.8 Å². The molecule has 0 bridgehead atoms. The summed E-state index contributed by atoms with van der Waals surface area (Å²) in [5, 5.41) is 12.9. The summed E-state index contributed by atoms with van der Waals surface area (Å²) < 4.78 is 22.8. The van der Waals surface area contributed by atoms with Gasteiger partial charge in [-0.3, -0.25) is 14.4 Å². The molecule has 0 aromatic heterocycles. The van der Waals surface area contributed by atoms with Crippen molar-refractivity contribution in [2.45, 2.75) is 28.9 Å². The Hall–Kier alpha value is -4.71. The first-order valence-corrected chi connectivity index (χ1v) is 15.6. The van der Waals surface area contributed by atoms with E-state index >= 15 is 0 Å². The zero-order valence-corrected chi connectivity index (χ0v) is 25.0. The predicted octanol–water partition coefficient (Wildman–Crippen LogP) is 5.17. The molecule has 43 heavy (non-hydrogen) atoms. The van der Waals surface area contributed by atoms with Crippen molar-refractivity contribution in [3.05, 3.63) is 126 Å². The van der Waals surface area contributed by atoms with Crippen LogP contribution in [0, 0.1) is 6.92 Å². The quantitative estimate of drug-likeness (QED) is 0.143. The third-order valence-electron chi connectivity index (χ3n) is 6.16. The molecule has 220 valence electrons. The highest BCUT2D eigenvalue weighted by Crippen LogP contribution is 2.26. The van der Waals surface area contributed by atoms with E-state index in [1.807, 2.05) is 31.2 Å². The van der Waals surface area contributed by atoms with Crippen molar-refractivity contribution in [3.63, 3.8) is 0 Å². The van der Waals surface area contributed by atoms with Gasteiger partial charge in [-0.2, -0.15) is 0 Å². The molecule has 0 spiro atoms. The summed E-state index contributed by atoms with van der Waals surface area (Å²) in [5.74, 6) is -1.18. The largest absolute Gasteiger partial charge is 0.325 e. The summed E-state index contributed by atoms with van der Waals surface area (Å²) in [6.07, 6.45) is 1.61. The van der Waals surface area contributed by atoms with Crippen LogP contribution in [0.5, 0.6) is 0 Å². The van der Waals surface area contributed by atoms with Crippen molar-refractivity contribution >= 4 is 57.0 Å². The first-order valence-electron chi connectivity index (χ1n) is 13.1. The van der Waals surface area contributed by atoms with Gasteiger partial charge in [0.05, 0.1) is 10.1 Å². The molecule has 0 aliphatic heterocycles. The van der Waals surface area contributed by atoms with E-state index in [4.69, 9.17) is 5.14 Å². The van der Waals surface area contributed by atoms with E-state index in [2.05, 4.69) is 16.0 Å². The summed E-state index contributed by atoms with van der Waals surface area (Å²) in [5.41, 5.74) is 3.27. The molecule has 4 aromatic rings. The Kier molecular flexibility index (Phi) is 10.1. The number of carbonyl (C=O) groups is 3. The maximum atomic E-state index is 13.3. The molecule has 4 aromatic carbocycles. The Morgan fingerprint density at radius 1 is 0.791 bits per heavy atom. The highest BCUT2D eigenvalue weighted by molar-refractivity contribution is 8.00. The lowest BCUT2D eigenvalue weighted by Gasteiger charge is -2.14. The Balaban J connectivity index is 1.40. The van der Waals surface area contributed by atoms with Crippen LogP contribution in [0.15, 0.2) is 119 Å². The molecule has 4 rings (SSSR count). The van der Waals surface area contributed by atoms with Crippen LogP contribution in [0.25, 0.3) is 6.08 Å². The minimum absolute atomic E-state index is 0.0450. The minimum atomic E-state index is -3.82. The first-order chi connectivity index (χ1) is 20.5. The van der Waals surface area contributed by atoms with Gasteiger partial charge in [-0.15, -0.1) is 11.8 Å². The fraction of sp³-hybridized carbons (Fsp3) is 0.0938. The number of thioether (sulfide) groups is 1. The van der Waals surface area contributed by atoms with Crippen molar-refractivity contribution in [1.82, 2.24) is 5.32 Å². The lowest BCUT2D eigenvalue weighted by molar-refractivity contribution is -0.115. The van der Waals surface area contributed by atoms with Crippen molar-refractivity contribution in [2.24, 2.45) is 5.14 Å². The Bertz CT molecular complexity index is 1740. The van der Waals surface area contributed by atoms with Crippen LogP contribution < -0.4 is 21.1 Å². The third kappa shape index (κ3) is 9.14. The monoisotopic (exact) mass is 614 g/mol. The van der Waals surface area contributed by atoms with Crippen molar-refractivity contribution in [1.29, 1.82) is 0 Å². The molecule has 0 saturated carbocycles. The molecule has 0 aliphatic rings. The van der Waals surface area contributed by atoms with Crippen molar-refractivity contribution in [3.8, 4) is 0 Å². The number of anilines is 2. The molecule has 3 amide bonds. The van der Waals surface area contributed by atoms with Gasteiger partial charge in [0.15, 0.2) is 0 Å². The fourth-order valence-corrected chi connectivity index (χ4v) is 5.20. The number of hydrogen-bond donors (Lipinski definition) is 4. The number of amides is 3. The molecular weight excluding hydrogens is 585 g/mol. The number of aryl methyl sites for hydroxylation is 1. The maximum absolute atomic E-state index is 13.3. The van der Waals surface area contributed by atoms with Gasteiger partial charge >= 0.3 is 0 Å². The maximum Gasteiger partial charge on any atom is 0.272 e.